The Balaban J connectivity index is 1.86. The predicted molar refractivity (Wildman–Crippen MR) is 79.4 cm³/mol. The van der Waals surface area contributed by atoms with Gasteiger partial charge in [-0.2, -0.15) is 0 Å². The first-order valence-electron chi connectivity index (χ1n) is 6.89. The molecule has 5 nitrogen and oxygen atoms in total. The van der Waals surface area contributed by atoms with Crippen molar-refractivity contribution in [2.45, 2.75) is 19.9 Å². The van der Waals surface area contributed by atoms with Crippen molar-refractivity contribution < 1.29 is 4.79 Å². The zero-order valence-corrected chi connectivity index (χ0v) is 11.7. The molecule has 0 atom stereocenters. The summed E-state index contributed by atoms with van der Waals surface area (Å²) in [6.45, 7) is 4.03. The fraction of sp³-hybridized carbons (Fsp3) is 0.333. The maximum atomic E-state index is 11.3. The van der Waals surface area contributed by atoms with Crippen LogP contribution in [0, 0.1) is 0 Å². The van der Waals surface area contributed by atoms with Crippen LogP contribution < -0.4 is 10.6 Å². The second-order valence-electron chi connectivity index (χ2n) is 4.45. The van der Waals surface area contributed by atoms with Gasteiger partial charge in [-0.15, -0.1) is 0 Å². The molecule has 20 heavy (non-hydrogen) atoms. The number of amides is 2. The number of hydrogen-bond donors (Lipinski definition) is 2. The Morgan fingerprint density at radius 1 is 1.25 bits per heavy atom. The summed E-state index contributed by atoms with van der Waals surface area (Å²) in [4.78, 5) is 15.6. The van der Waals surface area contributed by atoms with Crippen LogP contribution in [-0.2, 0) is 6.54 Å². The number of imidazole rings is 1. The van der Waals surface area contributed by atoms with Crippen LogP contribution >= 0.6 is 0 Å². The van der Waals surface area contributed by atoms with Gasteiger partial charge in [0.15, 0.2) is 0 Å². The molecule has 1 heterocycles. The lowest BCUT2D eigenvalue weighted by molar-refractivity contribution is 0.241. The SMILES string of the molecule is CCNC(=O)NCCCn1ccnc1-c1ccccc1. The second kappa shape index (κ2) is 7.33. The van der Waals surface area contributed by atoms with Crippen molar-refractivity contribution in [2.24, 2.45) is 0 Å². The molecule has 2 rings (SSSR count). The van der Waals surface area contributed by atoms with E-state index in [0.29, 0.717) is 13.1 Å². The summed E-state index contributed by atoms with van der Waals surface area (Å²) in [7, 11) is 0. The summed E-state index contributed by atoms with van der Waals surface area (Å²) in [5, 5.41) is 5.53. The number of carbonyl (C=O) groups is 1. The first-order chi connectivity index (χ1) is 9.81. The number of urea groups is 1. The Kier molecular flexibility index (Phi) is 5.17. The van der Waals surface area contributed by atoms with Gasteiger partial charge < -0.3 is 15.2 Å². The molecule has 2 N–H and O–H groups in total. The van der Waals surface area contributed by atoms with E-state index in [4.69, 9.17) is 0 Å². The van der Waals surface area contributed by atoms with E-state index in [1.54, 1.807) is 6.20 Å². The monoisotopic (exact) mass is 272 g/mol. The zero-order chi connectivity index (χ0) is 14.2. The number of benzene rings is 1. The summed E-state index contributed by atoms with van der Waals surface area (Å²) in [5.41, 5.74) is 1.11. The molecule has 1 aromatic heterocycles. The molecule has 0 spiro atoms. The quantitative estimate of drug-likeness (QED) is 0.792. The van der Waals surface area contributed by atoms with E-state index in [2.05, 4.69) is 20.2 Å². The van der Waals surface area contributed by atoms with E-state index in [1.807, 2.05) is 43.5 Å². The Bertz CT molecular complexity index is 536. The predicted octanol–water partition coefficient (Wildman–Crippen LogP) is 2.26. The second-order valence-corrected chi connectivity index (χ2v) is 4.45. The first kappa shape index (κ1) is 14.1. The van der Waals surface area contributed by atoms with Crippen molar-refractivity contribution in [3.63, 3.8) is 0 Å². The normalized spacial score (nSPS) is 10.2. The Morgan fingerprint density at radius 2 is 2.05 bits per heavy atom. The topological polar surface area (TPSA) is 59.0 Å². The molecule has 2 amide bonds. The highest BCUT2D eigenvalue weighted by Gasteiger charge is 2.05. The molecule has 0 radical (unpaired) electrons. The molecule has 2 aromatic rings. The third kappa shape index (κ3) is 3.85. The molecular formula is C15H20N4O. The van der Waals surface area contributed by atoms with Gasteiger partial charge in [0.2, 0.25) is 0 Å². The summed E-state index contributed by atoms with van der Waals surface area (Å²) in [6.07, 6.45) is 4.64. The number of hydrogen-bond acceptors (Lipinski definition) is 2. The van der Waals surface area contributed by atoms with E-state index in [-0.39, 0.29) is 6.03 Å². The van der Waals surface area contributed by atoms with Gasteiger partial charge in [-0.25, -0.2) is 9.78 Å². The van der Waals surface area contributed by atoms with Crippen molar-refractivity contribution in [1.82, 2.24) is 20.2 Å². The first-order valence-corrected chi connectivity index (χ1v) is 6.89. The Morgan fingerprint density at radius 3 is 2.80 bits per heavy atom. The van der Waals surface area contributed by atoms with Crippen LogP contribution in [0.3, 0.4) is 0 Å². The molecule has 0 saturated carbocycles. The Labute approximate surface area is 119 Å². The van der Waals surface area contributed by atoms with Gasteiger partial charge in [0, 0.05) is 37.6 Å². The fourth-order valence-electron chi connectivity index (χ4n) is 2.01. The third-order valence-electron chi connectivity index (χ3n) is 2.95. The van der Waals surface area contributed by atoms with E-state index in [0.717, 1.165) is 24.4 Å². The highest BCUT2D eigenvalue weighted by molar-refractivity contribution is 5.73. The van der Waals surface area contributed by atoms with Crippen LogP contribution in [0.1, 0.15) is 13.3 Å². The minimum atomic E-state index is -0.110. The van der Waals surface area contributed by atoms with Gasteiger partial charge in [0.25, 0.3) is 0 Å². The van der Waals surface area contributed by atoms with Crippen LogP contribution in [0.4, 0.5) is 4.79 Å². The smallest absolute Gasteiger partial charge is 0.314 e. The van der Waals surface area contributed by atoms with E-state index >= 15 is 0 Å². The summed E-state index contributed by atoms with van der Waals surface area (Å²) < 4.78 is 2.11. The zero-order valence-electron chi connectivity index (χ0n) is 11.7. The lowest BCUT2D eigenvalue weighted by atomic mass is 10.2. The number of nitrogens with zero attached hydrogens (tertiary/aromatic N) is 2. The standard InChI is InChI=1S/C15H20N4O/c1-2-16-15(20)18-9-6-11-19-12-10-17-14(19)13-7-4-3-5-8-13/h3-5,7-8,10,12H,2,6,9,11H2,1H3,(H2,16,18,20). The van der Waals surface area contributed by atoms with Crippen LogP contribution in [0.25, 0.3) is 11.4 Å². The number of aromatic nitrogens is 2. The number of nitrogens with one attached hydrogen (secondary N) is 2. The van der Waals surface area contributed by atoms with Gasteiger partial charge in [-0.3, -0.25) is 0 Å². The molecule has 0 fully saturated rings. The lowest BCUT2D eigenvalue weighted by Gasteiger charge is -2.09. The summed E-state index contributed by atoms with van der Waals surface area (Å²) in [6, 6.07) is 9.99. The average Bonchev–Trinajstić information content (AvgIpc) is 2.93. The molecule has 0 bridgehead atoms. The summed E-state index contributed by atoms with van der Waals surface area (Å²) in [5.74, 6) is 0.962. The van der Waals surface area contributed by atoms with Crippen molar-refractivity contribution in [2.75, 3.05) is 13.1 Å². The van der Waals surface area contributed by atoms with Crippen molar-refractivity contribution in [3.05, 3.63) is 42.7 Å². The van der Waals surface area contributed by atoms with Gasteiger partial charge in [0.1, 0.15) is 5.82 Å². The van der Waals surface area contributed by atoms with Crippen molar-refractivity contribution >= 4 is 6.03 Å². The Hall–Kier alpha value is -2.30. The number of aryl methyl sites for hydroxylation is 1. The molecule has 0 aliphatic heterocycles. The molecule has 0 saturated heterocycles. The summed E-state index contributed by atoms with van der Waals surface area (Å²) >= 11 is 0. The average molecular weight is 272 g/mol. The van der Waals surface area contributed by atoms with Crippen molar-refractivity contribution in [1.29, 1.82) is 0 Å². The van der Waals surface area contributed by atoms with E-state index < -0.39 is 0 Å². The van der Waals surface area contributed by atoms with Crippen LogP contribution in [-0.4, -0.2) is 28.7 Å². The molecule has 106 valence electrons. The fourth-order valence-corrected chi connectivity index (χ4v) is 2.01. The number of rotatable bonds is 6. The third-order valence-corrected chi connectivity index (χ3v) is 2.95. The van der Waals surface area contributed by atoms with Crippen LogP contribution in [0.2, 0.25) is 0 Å². The van der Waals surface area contributed by atoms with E-state index in [1.165, 1.54) is 0 Å². The number of carbonyl (C=O) groups excluding carboxylic acids is 1. The van der Waals surface area contributed by atoms with Gasteiger partial charge >= 0.3 is 6.03 Å². The minimum Gasteiger partial charge on any atom is -0.338 e. The van der Waals surface area contributed by atoms with Gasteiger partial charge in [0.05, 0.1) is 0 Å². The molecular weight excluding hydrogens is 252 g/mol. The van der Waals surface area contributed by atoms with Gasteiger partial charge in [-0.1, -0.05) is 30.3 Å². The highest BCUT2D eigenvalue weighted by Crippen LogP contribution is 2.16. The molecule has 0 aliphatic rings. The maximum Gasteiger partial charge on any atom is 0.314 e. The molecule has 0 aliphatic carbocycles. The minimum absolute atomic E-state index is 0.110. The molecule has 1 aromatic carbocycles. The van der Waals surface area contributed by atoms with Gasteiger partial charge in [-0.05, 0) is 13.3 Å². The van der Waals surface area contributed by atoms with E-state index in [9.17, 15) is 4.79 Å². The highest BCUT2D eigenvalue weighted by atomic mass is 16.2. The van der Waals surface area contributed by atoms with Crippen molar-refractivity contribution in [3.8, 4) is 11.4 Å². The molecule has 0 unspecified atom stereocenters. The molecule has 5 heteroatoms. The maximum absolute atomic E-state index is 11.3. The largest absolute Gasteiger partial charge is 0.338 e. The lowest BCUT2D eigenvalue weighted by Crippen LogP contribution is -2.36. The van der Waals surface area contributed by atoms with Crippen LogP contribution in [0.15, 0.2) is 42.7 Å². The van der Waals surface area contributed by atoms with Crippen LogP contribution in [0.5, 0.6) is 0 Å².